The Kier molecular flexibility index (Phi) is 5.98. The first-order valence-corrected chi connectivity index (χ1v) is 8.97. The normalized spacial score (nSPS) is 18.7. The van der Waals surface area contributed by atoms with Gasteiger partial charge < -0.3 is 10.1 Å². The number of hydrogen-bond donors (Lipinski definition) is 1. The molecule has 0 aliphatic carbocycles. The number of ether oxygens (including phenoxy) is 1. The molecule has 142 valence electrons. The minimum absolute atomic E-state index is 0.0126. The third-order valence-electron chi connectivity index (χ3n) is 4.83. The molecule has 1 aliphatic heterocycles. The first kappa shape index (κ1) is 19.2. The lowest BCUT2D eigenvalue weighted by Gasteiger charge is -2.36. The van der Waals surface area contributed by atoms with Gasteiger partial charge in [-0.25, -0.2) is 4.39 Å². The number of nitrogens with one attached hydrogen (secondary N) is 1. The van der Waals surface area contributed by atoms with Gasteiger partial charge in [-0.3, -0.25) is 14.5 Å². The Bertz CT molecular complexity index is 805. The van der Waals surface area contributed by atoms with Crippen LogP contribution in [0.25, 0.3) is 0 Å². The van der Waals surface area contributed by atoms with Gasteiger partial charge in [0.05, 0.1) is 18.8 Å². The second-order valence-electron chi connectivity index (χ2n) is 6.70. The van der Waals surface area contributed by atoms with E-state index in [4.69, 9.17) is 4.74 Å². The maximum Gasteiger partial charge on any atom is 0.241 e. The van der Waals surface area contributed by atoms with Crippen molar-refractivity contribution in [1.29, 1.82) is 0 Å². The van der Waals surface area contributed by atoms with E-state index in [2.05, 4.69) is 10.2 Å². The topological polar surface area (TPSA) is 58.6 Å². The van der Waals surface area contributed by atoms with Crippen molar-refractivity contribution in [2.24, 2.45) is 0 Å². The molecule has 1 N–H and O–H groups in total. The number of anilines is 1. The summed E-state index contributed by atoms with van der Waals surface area (Å²) in [5.41, 5.74) is 2.16. The number of morpholine rings is 1. The van der Waals surface area contributed by atoms with Gasteiger partial charge in [0, 0.05) is 24.3 Å². The van der Waals surface area contributed by atoms with Crippen molar-refractivity contribution >= 4 is 17.4 Å². The number of halogens is 1. The lowest BCUT2D eigenvalue weighted by Crippen LogP contribution is -2.48. The van der Waals surface area contributed by atoms with Crippen LogP contribution in [0, 0.1) is 5.82 Å². The Morgan fingerprint density at radius 3 is 2.44 bits per heavy atom. The van der Waals surface area contributed by atoms with Crippen molar-refractivity contribution in [2.45, 2.75) is 26.0 Å². The molecule has 1 saturated heterocycles. The largest absolute Gasteiger partial charge is 0.371 e. The van der Waals surface area contributed by atoms with Crippen molar-refractivity contribution in [2.75, 3.05) is 25.0 Å². The minimum Gasteiger partial charge on any atom is -0.371 e. The summed E-state index contributed by atoms with van der Waals surface area (Å²) in [6, 6.07) is 12.8. The molecule has 6 heteroatoms. The van der Waals surface area contributed by atoms with E-state index in [1.165, 1.54) is 19.1 Å². The fraction of sp³-hybridized carbons (Fsp3) is 0.333. The van der Waals surface area contributed by atoms with E-state index in [1.807, 2.05) is 6.92 Å². The van der Waals surface area contributed by atoms with Crippen LogP contribution in [0.3, 0.4) is 0 Å². The first-order valence-electron chi connectivity index (χ1n) is 8.97. The van der Waals surface area contributed by atoms with E-state index < -0.39 is 0 Å². The van der Waals surface area contributed by atoms with Gasteiger partial charge in [0.1, 0.15) is 5.82 Å². The van der Waals surface area contributed by atoms with Gasteiger partial charge in [0.2, 0.25) is 5.91 Å². The van der Waals surface area contributed by atoms with Crippen LogP contribution in [-0.2, 0) is 9.53 Å². The van der Waals surface area contributed by atoms with Crippen LogP contribution in [0.2, 0.25) is 0 Å². The summed E-state index contributed by atoms with van der Waals surface area (Å²) < 4.78 is 18.9. The number of benzene rings is 2. The van der Waals surface area contributed by atoms with Crippen LogP contribution in [0.4, 0.5) is 10.1 Å². The molecule has 27 heavy (non-hydrogen) atoms. The SMILES string of the molecule is CC(=O)c1ccc(NC(=O)[C@@H](C)N2CCO[C@H](c3ccc(F)cc3)C2)cc1. The standard InChI is InChI=1S/C21H23FN2O3/c1-14(21(26)23-19-9-5-16(6-10-19)15(2)25)24-11-12-27-20(13-24)17-3-7-18(22)8-4-17/h3-10,14,20H,11-13H2,1-2H3,(H,23,26)/t14-,20+/m1/s1. The number of carbonyl (C=O) groups excluding carboxylic acids is 2. The second-order valence-corrected chi connectivity index (χ2v) is 6.70. The maximum absolute atomic E-state index is 13.1. The highest BCUT2D eigenvalue weighted by Crippen LogP contribution is 2.24. The number of ketones is 1. The molecule has 2 atom stereocenters. The monoisotopic (exact) mass is 370 g/mol. The van der Waals surface area contributed by atoms with Gasteiger partial charge in [-0.15, -0.1) is 0 Å². The number of Topliss-reactive ketones (excluding diaryl/α,β-unsaturated/α-hetero) is 1. The fourth-order valence-electron chi connectivity index (χ4n) is 3.10. The number of nitrogens with zero attached hydrogens (tertiary/aromatic N) is 1. The van der Waals surface area contributed by atoms with Crippen molar-refractivity contribution < 1.29 is 18.7 Å². The zero-order valence-corrected chi connectivity index (χ0v) is 15.4. The average Bonchev–Trinajstić information content (AvgIpc) is 2.68. The summed E-state index contributed by atoms with van der Waals surface area (Å²) in [5, 5.41) is 2.88. The third-order valence-corrected chi connectivity index (χ3v) is 4.83. The van der Waals surface area contributed by atoms with Crippen molar-refractivity contribution in [3.8, 4) is 0 Å². The van der Waals surface area contributed by atoms with Crippen molar-refractivity contribution in [3.05, 3.63) is 65.5 Å². The molecule has 0 aromatic heterocycles. The van der Waals surface area contributed by atoms with Crippen LogP contribution in [0.15, 0.2) is 48.5 Å². The van der Waals surface area contributed by atoms with E-state index in [0.29, 0.717) is 30.9 Å². The van der Waals surface area contributed by atoms with Crippen molar-refractivity contribution in [1.82, 2.24) is 4.90 Å². The maximum atomic E-state index is 13.1. The minimum atomic E-state index is -0.343. The van der Waals surface area contributed by atoms with Gasteiger partial charge in [-0.2, -0.15) is 0 Å². The van der Waals surface area contributed by atoms with Crippen LogP contribution >= 0.6 is 0 Å². The highest BCUT2D eigenvalue weighted by molar-refractivity contribution is 5.97. The number of hydrogen-bond acceptors (Lipinski definition) is 4. The molecule has 0 spiro atoms. The highest BCUT2D eigenvalue weighted by atomic mass is 19.1. The lowest BCUT2D eigenvalue weighted by atomic mass is 10.1. The quantitative estimate of drug-likeness (QED) is 0.820. The number of carbonyl (C=O) groups is 2. The average molecular weight is 370 g/mol. The number of amides is 1. The van der Waals surface area contributed by atoms with E-state index in [0.717, 1.165) is 5.56 Å². The third kappa shape index (κ3) is 4.78. The molecule has 1 fully saturated rings. The molecule has 0 radical (unpaired) electrons. The van der Waals surface area contributed by atoms with Gasteiger partial charge >= 0.3 is 0 Å². The summed E-state index contributed by atoms with van der Waals surface area (Å²) in [4.78, 5) is 26.0. The van der Waals surface area contributed by atoms with Gasteiger partial charge in [-0.05, 0) is 55.8 Å². The van der Waals surface area contributed by atoms with E-state index in [9.17, 15) is 14.0 Å². The Balaban J connectivity index is 1.61. The van der Waals surface area contributed by atoms with Crippen LogP contribution in [-0.4, -0.2) is 42.3 Å². The van der Waals surface area contributed by atoms with E-state index in [-0.39, 0.29) is 29.7 Å². The van der Waals surface area contributed by atoms with E-state index in [1.54, 1.807) is 36.4 Å². The summed E-state index contributed by atoms with van der Waals surface area (Å²) in [6.07, 6.45) is -0.190. The molecular weight excluding hydrogens is 347 g/mol. The second kappa shape index (κ2) is 8.41. The summed E-state index contributed by atoms with van der Waals surface area (Å²) in [7, 11) is 0. The van der Waals surface area contributed by atoms with Gasteiger partial charge in [-0.1, -0.05) is 12.1 Å². The number of rotatable bonds is 5. The molecule has 1 aliphatic rings. The first-order chi connectivity index (χ1) is 12.9. The molecule has 0 saturated carbocycles. The zero-order chi connectivity index (χ0) is 19.4. The molecule has 1 heterocycles. The highest BCUT2D eigenvalue weighted by Gasteiger charge is 2.28. The lowest BCUT2D eigenvalue weighted by molar-refractivity contribution is -0.124. The van der Waals surface area contributed by atoms with E-state index >= 15 is 0 Å². The Morgan fingerprint density at radius 2 is 1.81 bits per heavy atom. The molecule has 3 rings (SSSR count). The molecular formula is C21H23FN2O3. The Hall–Kier alpha value is -2.57. The van der Waals surface area contributed by atoms with Gasteiger partial charge in [0.15, 0.2) is 5.78 Å². The van der Waals surface area contributed by atoms with Crippen molar-refractivity contribution in [3.63, 3.8) is 0 Å². The molecule has 2 aromatic rings. The van der Waals surface area contributed by atoms with Crippen LogP contribution in [0.5, 0.6) is 0 Å². The van der Waals surface area contributed by atoms with Gasteiger partial charge in [0.25, 0.3) is 0 Å². The molecule has 0 unspecified atom stereocenters. The molecule has 0 bridgehead atoms. The molecule has 5 nitrogen and oxygen atoms in total. The van der Waals surface area contributed by atoms with Crippen LogP contribution < -0.4 is 5.32 Å². The predicted molar refractivity (Wildman–Crippen MR) is 101 cm³/mol. The molecule has 2 aromatic carbocycles. The summed E-state index contributed by atoms with van der Waals surface area (Å²) in [5.74, 6) is -0.415. The Morgan fingerprint density at radius 1 is 1.15 bits per heavy atom. The summed E-state index contributed by atoms with van der Waals surface area (Å²) >= 11 is 0. The zero-order valence-electron chi connectivity index (χ0n) is 15.4. The smallest absolute Gasteiger partial charge is 0.241 e. The molecule has 1 amide bonds. The Labute approximate surface area is 158 Å². The fourth-order valence-corrected chi connectivity index (χ4v) is 3.10. The predicted octanol–water partition coefficient (Wildman–Crippen LogP) is 3.43. The van der Waals surface area contributed by atoms with Crippen LogP contribution in [0.1, 0.15) is 35.9 Å². The summed E-state index contributed by atoms with van der Waals surface area (Å²) in [6.45, 7) is 5.07.